The van der Waals surface area contributed by atoms with Crippen LogP contribution in [0.4, 0.5) is 9.59 Å². The van der Waals surface area contributed by atoms with E-state index >= 15 is 0 Å². The number of carbonyl (C=O) groups is 3. The van der Waals surface area contributed by atoms with Crippen LogP contribution in [0.2, 0.25) is 0 Å². The largest absolute Gasteiger partial charge is 0.444 e. The molecule has 10 nitrogen and oxygen atoms in total. The number of hydrogen-bond donors (Lipinski definition) is 2. The molecule has 3 fully saturated rings. The number of urea groups is 1. The Kier molecular flexibility index (Phi) is 6.25. The Morgan fingerprint density at radius 2 is 1.91 bits per heavy atom. The van der Waals surface area contributed by atoms with Crippen LogP contribution < -0.4 is 10.8 Å². The first kappa shape index (κ1) is 22.3. The molecule has 4 amide bonds. The maximum atomic E-state index is 12.9. The Morgan fingerprint density at radius 3 is 2.62 bits per heavy atom. The maximum Gasteiger partial charge on any atom is 0.407 e. The van der Waals surface area contributed by atoms with E-state index in [1.165, 1.54) is 5.06 Å². The molecular weight excluding hydrogens is 416 g/mol. The van der Waals surface area contributed by atoms with Gasteiger partial charge in [0.05, 0.1) is 12.6 Å². The molecule has 32 heavy (non-hydrogen) atoms. The van der Waals surface area contributed by atoms with E-state index in [-0.39, 0.29) is 43.0 Å². The predicted octanol–water partition coefficient (Wildman–Crippen LogP) is 1.82. The lowest BCUT2D eigenvalue weighted by Gasteiger charge is -2.28. The number of alkyl carbamates (subject to hydrolysis) is 1. The zero-order valence-electron chi connectivity index (χ0n) is 18.6. The van der Waals surface area contributed by atoms with Crippen molar-refractivity contribution in [3.05, 3.63) is 35.9 Å². The van der Waals surface area contributed by atoms with Gasteiger partial charge in [-0.15, -0.1) is 0 Å². The third kappa shape index (κ3) is 4.97. The summed E-state index contributed by atoms with van der Waals surface area (Å²) in [6, 6.07) is 8.77. The van der Waals surface area contributed by atoms with Gasteiger partial charge in [0.2, 0.25) is 0 Å². The van der Waals surface area contributed by atoms with Gasteiger partial charge in [-0.25, -0.2) is 15.1 Å². The second-order valence-electron chi connectivity index (χ2n) is 9.34. The van der Waals surface area contributed by atoms with E-state index in [1.54, 1.807) is 25.7 Å². The van der Waals surface area contributed by atoms with E-state index in [0.717, 1.165) is 12.0 Å². The number of rotatable bonds is 8. The molecule has 2 aliphatic heterocycles. The van der Waals surface area contributed by atoms with Gasteiger partial charge in [-0.2, -0.15) is 5.06 Å². The van der Waals surface area contributed by atoms with Gasteiger partial charge in [0.1, 0.15) is 18.2 Å². The summed E-state index contributed by atoms with van der Waals surface area (Å²) >= 11 is 0. The summed E-state index contributed by atoms with van der Waals surface area (Å²) in [6.07, 6.45) is 0.322. The minimum Gasteiger partial charge on any atom is -0.444 e. The molecule has 0 spiro atoms. The maximum absolute atomic E-state index is 12.9. The van der Waals surface area contributed by atoms with Crippen LogP contribution >= 0.6 is 0 Å². The number of amides is 4. The SMILES string of the molecule is CC(C)(C)OC(=O)NCCONC(=O)[C@@H]1[C@@H]2C[C@@H]2[C@@H]2CN1C(=O)N2OCc1ccccc1. The average molecular weight is 447 g/mol. The lowest BCUT2D eigenvalue weighted by Crippen LogP contribution is -2.51. The number of benzene rings is 1. The quantitative estimate of drug-likeness (QED) is 0.466. The summed E-state index contributed by atoms with van der Waals surface area (Å²) in [4.78, 5) is 49.9. The Hall–Kier alpha value is -2.85. The van der Waals surface area contributed by atoms with Crippen molar-refractivity contribution < 1.29 is 28.8 Å². The van der Waals surface area contributed by atoms with Gasteiger partial charge in [-0.1, -0.05) is 30.3 Å². The van der Waals surface area contributed by atoms with Gasteiger partial charge >= 0.3 is 12.1 Å². The molecule has 2 bridgehead atoms. The van der Waals surface area contributed by atoms with E-state index in [2.05, 4.69) is 10.8 Å². The van der Waals surface area contributed by atoms with Gasteiger partial charge in [-0.05, 0) is 44.6 Å². The van der Waals surface area contributed by atoms with Gasteiger partial charge in [0.15, 0.2) is 0 Å². The fraction of sp³-hybridized carbons (Fsp3) is 0.591. The Morgan fingerprint density at radius 1 is 1.16 bits per heavy atom. The van der Waals surface area contributed by atoms with Crippen molar-refractivity contribution in [2.45, 2.75) is 51.5 Å². The summed E-state index contributed by atoms with van der Waals surface area (Å²) in [5.74, 6) is -0.00366. The van der Waals surface area contributed by atoms with E-state index in [1.807, 2.05) is 30.3 Å². The summed E-state index contributed by atoms with van der Waals surface area (Å²) in [5.41, 5.74) is 2.82. The van der Waals surface area contributed by atoms with Gasteiger partial charge < -0.3 is 15.0 Å². The van der Waals surface area contributed by atoms with Crippen LogP contribution in [0.1, 0.15) is 32.8 Å². The summed E-state index contributed by atoms with van der Waals surface area (Å²) in [5, 5.41) is 3.99. The number of hydroxylamine groups is 3. The molecule has 3 aliphatic rings. The summed E-state index contributed by atoms with van der Waals surface area (Å²) < 4.78 is 5.13. The zero-order valence-corrected chi connectivity index (χ0v) is 18.6. The molecule has 10 heteroatoms. The lowest BCUT2D eigenvalue weighted by atomic mass is 10.0. The third-order valence-corrected chi connectivity index (χ3v) is 5.77. The second-order valence-corrected chi connectivity index (χ2v) is 9.34. The average Bonchev–Trinajstić information content (AvgIpc) is 3.47. The van der Waals surface area contributed by atoms with E-state index < -0.39 is 17.7 Å². The predicted molar refractivity (Wildman–Crippen MR) is 113 cm³/mol. The highest BCUT2D eigenvalue weighted by molar-refractivity contribution is 5.89. The molecule has 1 aromatic rings. The summed E-state index contributed by atoms with van der Waals surface area (Å²) in [6.45, 7) is 6.35. The molecule has 1 saturated carbocycles. The molecule has 4 rings (SSSR count). The van der Waals surface area contributed by atoms with E-state index in [9.17, 15) is 14.4 Å². The van der Waals surface area contributed by atoms with Gasteiger partial charge in [-0.3, -0.25) is 14.5 Å². The third-order valence-electron chi connectivity index (χ3n) is 5.77. The monoisotopic (exact) mass is 446 g/mol. The Bertz CT molecular complexity index is 858. The fourth-order valence-corrected chi connectivity index (χ4v) is 4.34. The number of ether oxygens (including phenoxy) is 1. The fourth-order valence-electron chi connectivity index (χ4n) is 4.34. The van der Waals surface area contributed by atoms with Crippen molar-refractivity contribution in [2.24, 2.45) is 11.8 Å². The molecule has 0 unspecified atom stereocenters. The smallest absolute Gasteiger partial charge is 0.407 e. The number of hydrogen-bond acceptors (Lipinski definition) is 6. The number of carbonyl (C=O) groups excluding carboxylic acids is 3. The first-order valence-electron chi connectivity index (χ1n) is 10.9. The lowest BCUT2D eigenvalue weighted by molar-refractivity contribution is -0.144. The Labute approximate surface area is 187 Å². The molecule has 1 aromatic carbocycles. The molecule has 0 radical (unpaired) electrons. The van der Waals surface area contributed by atoms with Gasteiger partial charge in [0, 0.05) is 13.1 Å². The highest BCUT2D eigenvalue weighted by Gasteiger charge is 2.64. The van der Waals surface area contributed by atoms with Crippen LogP contribution in [0.3, 0.4) is 0 Å². The first-order valence-corrected chi connectivity index (χ1v) is 10.9. The van der Waals surface area contributed by atoms with E-state index in [4.69, 9.17) is 14.4 Å². The molecule has 2 heterocycles. The molecular formula is C22H30N4O6. The number of nitrogens with one attached hydrogen (secondary N) is 2. The first-order chi connectivity index (χ1) is 15.2. The minimum atomic E-state index is -0.584. The van der Waals surface area contributed by atoms with Crippen molar-refractivity contribution in [1.29, 1.82) is 0 Å². The van der Waals surface area contributed by atoms with Crippen molar-refractivity contribution in [3.63, 3.8) is 0 Å². The normalized spacial score (nSPS) is 25.9. The van der Waals surface area contributed by atoms with Crippen LogP contribution in [-0.4, -0.2) is 65.4 Å². The number of nitrogens with zero attached hydrogens (tertiary/aromatic N) is 2. The van der Waals surface area contributed by atoms with Gasteiger partial charge in [0.25, 0.3) is 5.91 Å². The minimum absolute atomic E-state index is 0.0285. The molecule has 1 aliphatic carbocycles. The van der Waals surface area contributed by atoms with E-state index in [0.29, 0.717) is 13.2 Å². The highest BCUT2D eigenvalue weighted by Crippen LogP contribution is 2.53. The van der Waals surface area contributed by atoms with Crippen molar-refractivity contribution in [1.82, 2.24) is 20.8 Å². The van der Waals surface area contributed by atoms with Crippen LogP contribution in [0.5, 0.6) is 0 Å². The van der Waals surface area contributed by atoms with Crippen LogP contribution in [0.25, 0.3) is 0 Å². The Balaban J connectivity index is 1.24. The standard InChI is InChI=1S/C22H30N4O6/c1-22(2,3)32-20(28)23-9-10-30-24-19(27)18-16-11-15(16)17-12-25(18)21(29)26(17)31-13-14-7-5-4-6-8-14/h4-8,15-18H,9-13H2,1-3H3,(H,23,28)(H,24,27)/t15-,16+,17-,18-/m0/s1. The van der Waals surface area contributed by atoms with Crippen LogP contribution in [0, 0.1) is 11.8 Å². The highest BCUT2D eigenvalue weighted by atomic mass is 16.7. The summed E-state index contributed by atoms with van der Waals surface area (Å²) in [7, 11) is 0. The van der Waals surface area contributed by atoms with Crippen LogP contribution in [0.15, 0.2) is 30.3 Å². The van der Waals surface area contributed by atoms with Crippen molar-refractivity contribution in [3.8, 4) is 0 Å². The second kappa shape index (κ2) is 8.95. The molecule has 2 saturated heterocycles. The van der Waals surface area contributed by atoms with Crippen LogP contribution in [-0.2, 0) is 25.8 Å². The molecule has 174 valence electrons. The molecule has 2 N–H and O–H groups in total. The molecule has 4 atom stereocenters. The van der Waals surface area contributed by atoms with Crippen molar-refractivity contribution in [2.75, 3.05) is 19.7 Å². The van der Waals surface area contributed by atoms with Crippen molar-refractivity contribution >= 4 is 18.0 Å². The topological polar surface area (TPSA) is 109 Å². The number of fused-ring (bicyclic) bond motifs is 4. The molecule has 0 aromatic heterocycles. The zero-order chi connectivity index (χ0) is 22.9. The number of piperidine rings is 1.